The summed E-state index contributed by atoms with van der Waals surface area (Å²) >= 11 is 3.40. The van der Waals surface area contributed by atoms with Crippen molar-refractivity contribution >= 4 is 27.7 Å². The highest BCUT2D eigenvalue weighted by atomic mass is 79.9. The second-order valence-corrected chi connectivity index (χ2v) is 6.33. The minimum absolute atomic E-state index is 0.0871. The maximum atomic E-state index is 12.7. The van der Waals surface area contributed by atoms with Crippen molar-refractivity contribution in [2.75, 3.05) is 32.1 Å². The predicted octanol–water partition coefficient (Wildman–Crippen LogP) is 2.78. The molecule has 1 fully saturated rings. The van der Waals surface area contributed by atoms with Crippen molar-refractivity contribution in [3.63, 3.8) is 0 Å². The van der Waals surface area contributed by atoms with E-state index >= 15 is 0 Å². The Bertz CT molecular complexity index is 476. The maximum absolute atomic E-state index is 12.7. The molecule has 1 atom stereocenters. The highest BCUT2D eigenvalue weighted by molar-refractivity contribution is 9.10. The van der Waals surface area contributed by atoms with Crippen LogP contribution in [0.2, 0.25) is 0 Å². The number of nitrogens with zero attached hydrogens (tertiary/aromatic N) is 3. The van der Waals surface area contributed by atoms with Crippen LogP contribution in [-0.2, 0) is 0 Å². The van der Waals surface area contributed by atoms with Gasteiger partial charge in [0.25, 0.3) is 5.91 Å². The first-order valence-electron chi connectivity index (χ1n) is 6.61. The van der Waals surface area contributed by atoms with E-state index < -0.39 is 0 Å². The quantitative estimate of drug-likeness (QED) is 0.838. The fourth-order valence-corrected chi connectivity index (χ4v) is 2.82. The molecule has 1 amide bonds. The van der Waals surface area contributed by atoms with Gasteiger partial charge in [0.05, 0.1) is 5.56 Å². The Morgan fingerprint density at radius 3 is 2.89 bits per heavy atom. The number of halogens is 1. The molecule has 0 radical (unpaired) electrons. The van der Waals surface area contributed by atoms with Crippen LogP contribution in [0.1, 0.15) is 30.1 Å². The van der Waals surface area contributed by atoms with Crippen LogP contribution < -0.4 is 4.90 Å². The first-order valence-corrected chi connectivity index (χ1v) is 7.40. The number of rotatable bonds is 2. The molecule has 1 aromatic heterocycles. The number of anilines is 1. The van der Waals surface area contributed by atoms with Gasteiger partial charge in [-0.3, -0.25) is 4.79 Å². The Balaban J connectivity index is 2.29. The van der Waals surface area contributed by atoms with Gasteiger partial charge in [0, 0.05) is 37.9 Å². The summed E-state index contributed by atoms with van der Waals surface area (Å²) in [7, 11) is 3.82. The van der Waals surface area contributed by atoms with E-state index in [4.69, 9.17) is 0 Å². The molecule has 5 heteroatoms. The number of piperidine rings is 1. The van der Waals surface area contributed by atoms with Gasteiger partial charge in [-0.2, -0.15) is 0 Å². The summed E-state index contributed by atoms with van der Waals surface area (Å²) in [6.07, 6.45) is 4.03. The first kappa shape index (κ1) is 14.3. The van der Waals surface area contributed by atoms with Crippen LogP contribution in [0.5, 0.6) is 0 Å². The summed E-state index contributed by atoms with van der Waals surface area (Å²) in [5, 5.41) is 0. The molecule has 0 spiro atoms. The zero-order valence-corrected chi connectivity index (χ0v) is 13.3. The number of carbonyl (C=O) groups excluding carboxylic acids is 1. The Hall–Kier alpha value is -1.10. The zero-order valence-electron chi connectivity index (χ0n) is 11.7. The molecule has 0 unspecified atom stereocenters. The molecule has 2 heterocycles. The summed E-state index contributed by atoms with van der Waals surface area (Å²) in [6.45, 7) is 3.90. The summed E-state index contributed by atoms with van der Waals surface area (Å²) in [5.74, 6) is 1.40. The van der Waals surface area contributed by atoms with E-state index in [1.54, 1.807) is 6.20 Å². The fraction of sp³-hybridized carbons (Fsp3) is 0.571. The van der Waals surface area contributed by atoms with Gasteiger partial charge in [0.15, 0.2) is 0 Å². The number of aromatic nitrogens is 1. The third-order valence-corrected chi connectivity index (χ3v) is 3.87. The lowest BCUT2D eigenvalue weighted by atomic mass is 9.99. The monoisotopic (exact) mass is 325 g/mol. The van der Waals surface area contributed by atoms with E-state index in [1.165, 1.54) is 6.42 Å². The molecule has 1 aromatic rings. The second-order valence-electron chi connectivity index (χ2n) is 5.42. The molecule has 0 aromatic carbocycles. The molecule has 2 rings (SSSR count). The topological polar surface area (TPSA) is 36.4 Å². The van der Waals surface area contributed by atoms with E-state index in [-0.39, 0.29) is 5.91 Å². The number of pyridine rings is 1. The Morgan fingerprint density at radius 1 is 1.53 bits per heavy atom. The predicted molar refractivity (Wildman–Crippen MR) is 80.6 cm³/mol. The van der Waals surface area contributed by atoms with E-state index in [0.29, 0.717) is 11.5 Å². The molecule has 4 nitrogen and oxygen atoms in total. The fourth-order valence-electron chi connectivity index (χ4n) is 2.49. The van der Waals surface area contributed by atoms with Gasteiger partial charge in [0.2, 0.25) is 0 Å². The maximum Gasteiger partial charge on any atom is 0.257 e. The highest BCUT2D eigenvalue weighted by Crippen LogP contribution is 2.24. The van der Waals surface area contributed by atoms with Crippen molar-refractivity contribution in [1.29, 1.82) is 0 Å². The minimum atomic E-state index is 0.0871. The molecule has 0 saturated carbocycles. The van der Waals surface area contributed by atoms with E-state index in [1.807, 2.05) is 30.0 Å². The lowest BCUT2D eigenvalue weighted by Crippen LogP contribution is -2.39. The molecular formula is C14H20BrN3O. The molecule has 1 aliphatic heterocycles. The second kappa shape index (κ2) is 5.90. The van der Waals surface area contributed by atoms with Crippen molar-refractivity contribution in [2.24, 2.45) is 5.92 Å². The van der Waals surface area contributed by atoms with Gasteiger partial charge < -0.3 is 9.80 Å². The van der Waals surface area contributed by atoms with E-state index in [2.05, 4.69) is 27.8 Å². The van der Waals surface area contributed by atoms with Crippen LogP contribution in [0.15, 0.2) is 16.7 Å². The van der Waals surface area contributed by atoms with Gasteiger partial charge in [-0.15, -0.1) is 0 Å². The molecule has 0 bridgehead atoms. The minimum Gasteiger partial charge on any atom is -0.362 e. The van der Waals surface area contributed by atoms with Crippen molar-refractivity contribution in [2.45, 2.75) is 19.8 Å². The standard InChI is InChI=1S/C14H20BrN3O/c1-10-5-4-6-18(9-10)14(19)12-7-11(15)8-16-13(12)17(2)3/h7-8,10H,4-6,9H2,1-3H3/t10-/m1/s1. The number of hydrogen-bond acceptors (Lipinski definition) is 3. The smallest absolute Gasteiger partial charge is 0.257 e. The highest BCUT2D eigenvalue weighted by Gasteiger charge is 2.25. The molecule has 19 heavy (non-hydrogen) atoms. The normalized spacial score (nSPS) is 19.4. The lowest BCUT2D eigenvalue weighted by Gasteiger charge is -2.31. The van der Waals surface area contributed by atoms with Crippen molar-refractivity contribution in [1.82, 2.24) is 9.88 Å². The largest absolute Gasteiger partial charge is 0.362 e. The number of carbonyl (C=O) groups is 1. The van der Waals surface area contributed by atoms with Crippen molar-refractivity contribution < 1.29 is 4.79 Å². The van der Waals surface area contributed by atoms with Crippen LogP contribution in [-0.4, -0.2) is 43.0 Å². The summed E-state index contributed by atoms with van der Waals surface area (Å²) in [5.41, 5.74) is 0.675. The van der Waals surface area contributed by atoms with Gasteiger partial charge >= 0.3 is 0 Å². The Morgan fingerprint density at radius 2 is 2.26 bits per heavy atom. The molecule has 104 valence electrons. The summed E-state index contributed by atoms with van der Waals surface area (Å²) < 4.78 is 0.839. The van der Waals surface area contributed by atoms with Crippen LogP contribution in [0.3, 0.4) is 0 Å². The Kier molecular flexibility index (Phi) is 4.45. The third-order valence-electron chi connectivity index (χ3n) is 3.43. The third kappa shape index (κ3) is 3.26. The number of amides is 1. The number of likely N-dealkylation sites (tertiary alicyclic amines) is 1. The first-order chi connectivity index (χ1) is 8.99. The average molecular weight is 326 g/mol. The molecular weight excluding hydrogens is 306 g/mol. The lowest BCUT2D eigenvalue weighted by molar-refractivity contribution is 0.0683. The van der Waals surface area contributed by atoms with Gasteiger partial charge in [-0.1, -0.05) is 6.92 Å². The summed E-state index contributed by atoms with van der Waals surface area (Å²) in [6, 6.07) is 1.87. The van der Waals surface area contributed by atoms with Gasteiger partial charge in [-0.05, 0) is 40.8 Å². The molecule has 0 aliphatic carbocycles. The van der Waals surface area contributed by atoms with E-state index in [0.717, 1.165) is 29.8 Å². The summed E-state index contributed by atoms with van der Waals surface area (Å²) in [4.78, 5) is 20.8. The molecule has 1 saturated heterocycles. The van der Waals surface area contributed by atoms with Crippen LogP contribution in [0, 0.1) is 5.92 Å². The van der Waals surface area contributed by atoms with Crippen LogP contribution in [0.25, 0.3) is 0 Å². The zero-order chi connectivity index (χ0) is 14.0. The SMILES string of the molecule is C[C@@H]1CCCN(C(=O)c2cc(Br)cnc2N(C)C)C1. The Labute approximate surface area is 122 Å². The average Bonchev–Trinajstić information content (AvgIpc) is 2.37. The van der Waals surface area contributed by atoms with Crippen molar-refractivity contribution in [3.05, 3.63) is 22.3 Å². The number of hydrogen-bond donors (Lipinski definition) is 0. The van der Waals surface area contributed by atoms with Crippen LogP contribution >= 0.6 is 15.9 Å². The molecule has 1 aliphatic rings. The van der Waals surface area contributed by atoms with Gasteiger partial charge in [0.1, 0.15) is 5.82 Å². The molecule has 0 N–H and O–H groups in total. The van der Waals surface area contributed by atoms with Crippen molar-refractivity contribution in [3.8, 4) is 0 Å². The van der Waals surface area contributed by atoms with E-state index in [9.17, 15) is 4.79 Å². The van der Waals surface area contributed by atoms with Crippen LogP contribution in [0.4, 0.5) is 5.82 Å². The van der Waals surface area contributed by atoms with Gasteiger partial charge in [-0.25, -0.2) is 4.98 Å².